The minimum absolute atomic E-state index is 0.148. The van der Waals surface area contributed by atoms with E-state index in [-0.39, 0.29) is 22.5 Å². The van der Waals surface area contributed by atoms with Crippen molar-refractivity contribution < 1.29 is 28.6 Å². The number of amidine groups is 1. The second kappa shape index (κ2) is 7.67. The third-order valence-electron chi connectivity index (χ3n) is 4.42. The molecule has 0 aromatic heterocycles. The van der Waals surface area contributed by atoms with Crippen LogP contribution in [0.1, 0.15) is 32.4 Å². The van der Waals surface area contributed by atoms with E-state index in [0.717, 1.165) is 0 Å². The maximum absolute atomic E-state index is 12.8. The van der Waals surface area contributed by atoms with Crippen molar-refractivity contribution in [3.05, 3.63) is 35.0 Å². The van der Waals surface area contributed by atoms with Gasteiger partial charge in [-0.15, -0.1) is 0 Å². The second-order valence-corrected chi connectivity index (χ2v) is 7.57. The Morgan fingerprint density at radius 1 is 1.21 bits per heavy atom. The van der Waals surface area contributed by atoms with Gasteiger partial charge in [0.25, 0.3) is 0 Å². The smallest absolute Gasteiger partial charge is 0.338 e. The Balaban J connectivity index is 2.15. The van der Waals surface area contributed by atoms with Crippen LogP contribution in [-0.4, -0.2) is 47.4 Å². The molecule has 0 saturated carbocycles. The van der Waals surface area contributed by atoms with Crippen LogP contribution in [0, 0.1) is 0 Å². The molecule has 2 aliphatic heterocycles. The first kappa shape index (κ1) is 19.9. The van der Waals surface area contributed by atoms with Crippen LogP contribution in [0.15, 0.2) is 34.5 Å². The molecule has 2 heterocycles. The molecule has 2 atom stereocenters. The Morgan fingerprint density at radius 3 is 2.54 bits per heavy atom. The summed E-state index contributed by atoms with van der Waals surface area (Å²) in [6.45, 7) is 4.80. The van der Waals surface area contributed by atoms with Crippen LogP contribution in [0.25, 0.3) is 0 Å². The number of allylic oxidation sites excluding steroid dienone is 1. The molecule has 1 aromatic carbocycles. The number of esters is 2. The minimum Gasteiger partial charge on any atom is -0.493 e. The molecule has 0 radical (unpaired) electrons. The number of carbonyl (C=O) groups excluding carboxylic acids is 3. The van der Waals surface area contributed by atoms with Crippen molar-refractivity contribution in [1.82, 2.24) is 4.90 Å². The van der Waals surface area contributed by atoms with Gasteiger partial charge >= 0.3 is 11.9 Å². The van der Waals surface area contributed by atoms with Crippen LogP contribution in [0.5, 0.6) is 11.5 Å². The first-order valence-corrected chi connectivity index (χ1v) is 9.40. The lowest BCUT2D eigenvalue weighted by Crippen LogP contribution is -2.40. The average Bonchev–Trinajstić information content (AvgIpc) is 2.93. The quantitative estimate of drug-likeness (QED) is 0.562. The number of hydrogen-bond donors (Lipinski definition) is 0. The fourth-order valence-electron chi connectivity index (χ4n) is 3.18. The predicted octanol–water partition coefficient (Wildman–Crippen LogP) is 2.44. The zero-order valence-corrected chi connectivity index (χ0v) is 17.0. The lowest BCUT2D eigenvalue weighted by atomic mass is 9.94. The average molecular weight is 404 g/mol. The normalized spacial score (nSPS) is 21.2. The number of methoxy groups -OCH3 is 2. The van der Waals surface area contributed by atoms with Crippen molar-refractivity contribution in [3.63, 3.8) is 0 Å². The number of thioether (sulfide) groups is 1. The van der Waals surface area contributed by atoms with E-state index in [2.05, 4.69) is 4.99 Å². The zero-order valence-electron chi connectivity index (χ0n) is 16.1. The second-order valence-electron chi connectivity index (χ2n) is 6.26. The number of nitrogens with zero attached hydrogens (tertiary/aromatic N) is 2. The third kappa shape index (κ3) is 3.37. The summed E-state index contributed by atoms with van der Waals surface area (Å²) in [5.41, 5.74) is 1.38. The maximum atomic E-state index is 12.8. The molecule has 9 heteroatoms. The molecule has 28 heavy (non-hydrogen) atoms. The molecular formula is C19H20N2O6S. The van der Waals surface area contributed by atoms with Crippen molar-refractivity contribution in [2.45, 2.75) is 32.1 Å². The Bertz CT molecular complexity index is 923. The molecule has 0 N–H and O–H groups in total. The molecule has 1 aromatic rings. The molecule has 8 nitrogen and oxygen atoms in total. The summed E-state index contributed by atoms with van der Waals surface area (Å²) in [5, 5.41) is 0.226. The van der Waals surface area contributed by atoms with E-state index in [9.17, 15) is 14.4 Å². The van der Waals surface area contributed by atoms with Crippen LogP contribution in [0.4, 0.5) is 0 Å². The molecule has 3 rings (SSSR count). The molecule has 0 aliphatic carbocycles. The highest BCUT2D eigenvalue weighted by atomic mass is 32.2. The van der Waals surface area contributed by atoms with Crippen molar-refractivity contribution in [3.8, 4) is 11.5 Å². The van der Waals surface area contributed by atoms with Gasteiger partial charge in [0.2, 0.25) is 5.91 Å². The van der Waals surface area contributed by atoms with E-state index in [1.54, 1.807) is 32.0 Å². The van der Waals surface area contributed by atoms with E-state index >= 15 is 0 Å². The zero-order chi connectivity index (χ0) is 20.6. The SMILES string of the molecule is COC(=O)C1=C(C)N=C2S[C@@H](C)C(=O)N2[C@@H]1c1ccc(OC(C)=O)c(OC)c1. The molecular weight excluding hydrogens is 384 g/mol. The van der Waals surface area contributed by atoms with E-state index in [0.29, 0.717) is 22.2 Å². The Hall–Kier alpha value is -2.81. The van der Waals surface area contributed by atoms with Crippen LogP contribution >= 0.6 is 11.8 Å². The molecule has 0 bridgehead atoms. The molecule has 1 fully saturated rings. The number of hydrogen-bond acceptors (Lipinski definition) is 8. The highest BCUT2D eigenvalue weighted by Crippen LogP contribution is 2.44. The largest absolute Gasteiger partial charge is 0.493 e. The molecule has 1 amide bonds. The summed E-state index contributed by atoms with van der Waals surface area (Å²) < 4.78 is 15.4. The molecule has 2 aliphatic rings. The van der Waals surface area contributed by atoms with Crippen LogP contribution in [-0.2, 0) is 19.1 Å². The molecule has 0 unspecified atom stereocenters. The van der Waals surface area contributed by atoms with Gasteiger partial charge in [-0.05, 0) is 31.5 Å². The van der Waals surface area contributed by atoms with E-state index in [4.69, 9.17) is 14.2 Å². The topological polar surface area (TPSA) is 94.5 Å². The maximum Gasteiger partial charge on any atom is 0.338 e. The third-order valence-corrected chi connectivity index (χ3v) is 5.47. The predicted molar refractivity (Wildman–Crippen MR) is 103 cm³/mol. The Morgan fingerprint density at radius 2 is 1.93 bits per heavy atom. The highest BCUT2D eigenvalue weighted by molar-refractivity contribution is 8.15. The van der Waals surface area contributed by atoms with E-state index < -0.39 is 18.0 Å². The monoisotopic (exact) mass is 404 g/mol. The van der Waals surface area contributed by atoms with Crippen LogP contribution < -0.4 is 9.47 Å². The van der Waals surface area contributed by atoms with Gasteiger partial charge in [0, 0.05) is 6.92 Å². The fraction of sp³-hybridized carbons (Fsp3) is 0.368. The first-order valence-electron chi connectivity index (χ1n) is 8.52. The number of aliphatic imine (C=N–C) groups is 1. The number of rotatable bonds is 4. The lowest BCUT2D eigenvalue weighted by Gasteiger charge is -2.33. The number of amides is 1. The van der Waals surface area contributed by atoms with Crippen molar-refractivity contribution in [2.24, 2.45) is 4.99 Å². The van der Waals surface area contributed by atoms with Crippen molar-refractivity contribution in [1.29, 1.82) is 0 Å². The molecule has 1 saturated heterocycles. The first-order chi connectivity index (χ1) is 13.3. The lowest BCUT2D eigenvalue weighted by molar-refractivity contribution is -0.137. The summed E-state index contributed by atoms with van der Waals surface area (Å²) in [7, 11) is 2.73. The number of carbonyl (C=O) groups is 3. The van der Waals surface area contributed by atoms with E-state index in [1.165, 1.54) is 37.8 Å². The van der Waals surface area contributed by atoms with Gasteiger partial charge in [-0.3, -0.25) is 14.5 Å². The number of fused-ring (bicyclic) bond motifs is 1. The summed E-state index contributed by atoms with van der Waals surface area (Å²) in [4.78, 5) is 42.6. The van der Waals surface area contributed by atoms with Crippen LogP contribution in [0.3, 0.4) is 0 Å². The van der Waals surface area contributed by atoms with Gasteiger partial charge in [-0.1, -0.05) is 17.8 Å². The molecule has 0 spiro atoms. The summed E-state index contributed by atoms with van der Waals surface area (Å²) in [5.74, 6) is -0.634. The summed E-state index contributed by atoms with van der Waals surface area (Å²) in [6.07, 6.45) is 0. The van der Waals surface area contributed by atoms with Crippen molar-refractivity contribution in [2.75, 3.05) is 14.2 Å². The van der Waals surface area contributed by atoms with E-state index in [1.807, 2.05) is 0 Å². The van der Waals surface area contributed by atoms with Crippen molar-refractivity contribution >= 4 is 34.8 Å². The standard InChI is InChI=1S/C19H20N2O6S/c1-9-15(18(24)26-5)16(21-17(23)10(2)28-19(21)20-9)12-6-7-13(27-11(3)22)14(8-12)25-4/h6-8,10,16H,1-5H3/t10-,16+/m0/s1. The van der Waals surface area contributed by atoms with Gasteiger partial charge in [0.15, 0.2) is 16.7 Å². The minimum atomic E-state index is -0.717. The highest BCUT2D eigenvalue weighted by Gasteiger charge is 2.46. The summed E-state index contributed by atoms with van der Waals surface area (Å²) in [6, 6.07) is 4.18. The van der Waals surface area contributed by atoms with Gasteiger partial charge < -0.3 is 14.2 Å². The number of ether oxygens (including phenoxy) is 3. The Kier molecular flexibility index (Phi) is 5.46. The van der Waals surface area contributed by atoms with Gasteiger partial charge in [0.05, 0.1) is 36.8 Å². The van der Waals surface area contributed by atoms with Gasteiger partial charge in [0.1, 0.15) is 0 Å². The number of benzene rings is 1. The van der Waals surface area contributed by atoms with Gasteiger partial charge in [-0.2, -0.15) is 0 Å². The fourth-order valence-corrected chi connectivity index (χ4v) is 4.21. The summed E-state index contributed by atoms with van der Waals surface area (Å²) >= 11 is 1.34. The van der Waals surface area contributed by atoms with Crippen LogP contribution in [0.2, 0.25) is 0 Å². The van der Waals surface area contributed by atoms with Gasteiger partial charge in [-0.25, -0.2) is 9.79 Å². The Labute approximate surface area is 166 Å². The molecule has 148 valence electrons.